The minimum atomic E-state index is -4.11. The van der Waals surface area contributed by atoms with Crippen LogP contribution in [0.15, 0.2) is 0 Å². The van der Waals surface area contributed by atoms with Crippen molar-refractivity contribution in [3.05, 3.63) is 0 Å². The first kappa shape index (κ1) is 30.1. The van der Waals surface area contributed by atoms with Gasteiger partial charge < -0.3 is 9.66 Å². The Morgan fingerprint density at radius 2 is 1.07 bits per heavy atom. The molecule has 27 heavy (non-hydrogen) atoms. The third-order valence-electron chi connectivity index (χ3n) is 5.32. The molecule has 1 N–H and O–H groups in total. The van der Waals surface area contributed by atoms with Gasteiger partial charge in [-0.05, 0) is 25.7 Å². The first-order valence-electron chi connectivity index (χ1n) is 11.0. The van der Waals surface area contributed by atoms with Crippen molar-refractivity contribution in [1.82, 2.24) is 0 Å². The van der Waals surface area contributed by atoms with Crippen LogP contribution in [-0.4, -0.2) is 29.4 Å². The fraction of sp³-hybridized carbons (Fsp3) is 1.00. The van der Waals surface area contributed by atoms with Gasteiger partial charge in [0.2, 0.25) is 0 Å². The van der Waals surface area contributed by atoms with E-state index in [4.69, 9.17) is 0 Å². The minimum Gasteiger partial charge on any atom is -0.748 e. The molecule has 2 unspecified atom stereocenters. The van der Waals surface area contributed by atoms with Crippen molar-refractivity contribution in [2.75, 3.05) is 0 Å². The molecule has 0 fully saturated rings. The average molecular weight is 415 g/mol. The second-order valence-corrected chi connectivity index (χ2v) is 9.44. The molecule has 0 heterocycles. The number of rotatable bonds is 19. The van der Waals surface area contributed by atoms with Crippen molar-refractivity contribution in [2.24, 2.45) is 0 Å². The van der Waals surface area contributed by atoms with E-state index < -0.39 is 15.4 Å². The fourth-order valence-electron chi connectivity index (χ4n) is 3.49. The maximum atomic E-state index is 11.0. The Morgan fingerprint density at radius 1 is 0.704 bits per heavy atom. The van der Waals surface area contributed by atoms with Gasteiger partial charge in [-0.1, -0.05) is 97.3 Å². The summed E-state index contributed by atoms with van der Waals surface area (Å²) in [5.74, 6) is 0. The number of aliphatic hydroxyl groups is 1. The van der Waals surface area contributed by atoms with Gasteiger partial charge in [0.1, 0.15) is 0 Å². The third kappa shape index (κ3) is 19.9. The van der Waals surface area contributed by atoms with E-state index in [-0.39, 0.29) is 35.7 Å². The summed E-state index contributed by atoms with van der Waals surface area (Å²) in [7, 11) is -4.11. The summed E-state index contributed by atoms with van der Waals surface area (Å²) in [5.41, 5.74) is 0. The van der Waals surface area contributed by atoms with Gasteiger partial charge in [-0.15, -0.1) is 0 Å². The minimum absolute atomic E-state index is 0. The summed E-state index contributed by atoms with van der Waals surface area (Å²) in [6.45, 7) is 3.99. The summed E-state index contributed by atoms with van der Waals surface area (Å²) in [4.78, 5) is 0. The van der Waals surface area contributed by atoms with E-state index in [2.05, 4.69) is 6.92 Å². The molecule has 0 spiro atoms. The Hall–Kier alpha value is 0.870. The first-order chi connectivity index (χ1) is 12.4. The van der Waals surface area contributed by atoms with Crippen molar-refractivity contribution in [3.63, 3.8) is 0 Å². The predicted molar refractivity (Wildman–Crippen MR) is 109 cm³/mol. The molecular formula is C21H43NaO4S. The molecule has 0 aromatic heterocycles. The van der Waals surface area contributed by atoms with Crippen molar-refractivity contribution in [2.45, 2.75) is 134 Å². The van der Waals surface area contributed by atoms with E-state index in [9.17, 15) is 18.1 Å². The first-order valence-corrected chi connectivity index (χ1v) is 12.5. The Bertz CT molecular complexity index is 401. The van der Waals surface area contributed by atoms with Gasteiger partial charge in [-0.3, -0.25) is 0 Å². The molecule has 0 aliphatic heterocycles. The van der Waals surface area contributed by atoms with Crippen molar-refractivity contribution in [1.29, 1.82) is 0 Å². The quantitative estimate of drug-likeness (QED) is 0.200. The van der Waals surface area contributed by atoms with E-state index >= 15 is 0 Å². The summed E-state index contributed by atoms with van der Waals surface area (Å²) >= 11 is 0. The van der Waals surface area contributed by atoms with Crippen LogP contribution >= 0.6 is 0 Å². The van der Waals surface area contributed by atoms with Gasteiger partial charge in [0.25, 0.3) is 0 Å². The van der Waals surface area contributed by atoms with Crippen LogP contribution in [0, 0.1) is 0 Å². The van der Waals surface area contributed by atoms with E-state index in [0.29, 0.717) is 12.8 Å². The molecule has 0 aliphatic carbocycles. The second-order valence-electron chi connectivity index (χ2n) is 7.79. The summed E-state index contributed by atoms with van der Waals surface area (Å²) in [6.07, 6.45) is 17.9. The van der Waals surface area contributed by atoms with Crippen molar-refractivity contribution in [3.8, 4) is 0 Å². The SMILES string of the molecule is CCCCCCCC(O)CCCCCCCCCCC(CC)S(=O)(=O)[O-].[Na+]. The van der Waals surface area contributed by atoms with Gasteiger partial charge >= 0.3 is 29.6 Å². The molecule has 0 aromatic rings. The molecule has 2 atom stereocenters. The van der Waals surface area contributed by atoms with Crippen LogP contribution in [0.5, 0.6) is 0 Å². The molecule has 0 radical (unpaired) electrons. The number of hydrogen-bond acceptors (Lipinski definition) is 4. The standard InChI is InChI=1S/C21H44O4S.Na/c1-3-5-6-11-14-17-20(22)18-15-12-9-7-8-10-13-16-19-21(4-2)26(23,24)25;/h20-22H,3-19H2,1-2H3,(H,23,24,25);/q;+1/p-1. The van der Waals surface area contributed by atoms with Crippen LogP contribution in [0.4, 0.5) is 0 Å². The zero-order valence-corrected chi connectivity index (χ0v) is 21.1. The van der Waals surface area contributed by atoms with E-state index in [1.807, 2.05) is 0 Å². The smallest absolute Gasteiger partial charge is 0.748 e. The third-order valence-corrected chi connectivity index (χ3v) is 6.70. The van der Waals surface area contributed by atoms with Crippen LogP contribution in [0.2, 0.25) is 0 Å². The van der Waals surface area contributed by atoms with Crippen molar-refractivity contribution >= 4 is 10.1 Å². The molecule has 158 valence electrons. The summed E-state index contributed by atoms with van der Waals surface area (Å²) < 4.78 is 33.0. The zero-order chi connectivity index (χ0) is 19.7. The molecule has 4 nitrogen and oxygen atoms in total. The van der Waals surface area contributed by atoms with Gasteiger partial charge in [0.05, 0.1) is 16.2 Å². The maximum Gasteiger partial charge on any atom is 1.00 e. The van der Waals surface area contributed by atoms with Gasteiger partial charge in [-0.25, -0.2) is 8.42 Å². The maximum absolute atomic E-state index is 11.0. The van der Waals surface area contributed by atoms with Crippen LogP contribution < -0.4 is 29.6 Å². The van der Waals surface area contributed by atoms with E-state index in [1.54, 1.807) is 6.92 Å². The van der Waals surface area contributed by atoms with Crippen LogP contribution in [0.25, 0.3) is 0 Å². The van der Waals surface area contributed by atoms with E-state index in [0.717, 1.165) is 44.9 Å². The number of aliphatic hydroxyl groups excluding tert-OH is 1. The van der Waals surface area contributed by atoms with Crippen LogP contribution in [-0.2, 0) is 10.1 Å². The summed E-state index contributed by atoms with van der Waals surface area (Å²) in [6, 6.07) is 0. The Kier molecular flexibility index (Phi) is 22.4. The van der Waals surface area contributed by atoms with Gasteiger partial charge in [-0.2, -0.15) is 0 Å². The Labute approximate surface area is 191 Å². The Morgan fingerprint density at radius 3 is 1.44 bits per heavy atom. The number of unbranched alkanes of at least 4 members (excludes halogenated alkanes) is 11. The molecule has 0 aromatic carbocycles. The topological polar surface area (TPSA) is 77.4 Å². The largest absolute Gasteiger partial charge is 1.00 e. The molecule has 0 rings (SSSR count). The molecule has 6 heteroatoms. The second kappa shape index (κ2) is 20.2. The van der Waals surface area contributed by atoms with Crippen molar-refractivity contribution < 1.29 is 47.6 Å². The number of hydrogen-bond donors (Lipinski definition) is 1. The molecule has 0 bridgehead atoms. The predicted octanol–water partition coefficient (Wildman–Crippen LogP) is 2.94. The van der Waals surface area contributed by atoms with Crippen LogP contribution in [0.1, 0.15) is 123 Å². The van der Waals surface area contributed by atoms with Gasteiger partial charge in [0.15, 0.2) is 0 Å². The normalized spacial score (nSPS) is 13.9. The summed E-state index contributed by atoms with van der Waals surface area (Å²) in [5, 5.41) is 9.27. The molecule has 0 amide bonds. The zero-order valence-electron chi connectivity index (χ0n) is 18.3. The van der Waals surface area contributed by atoms with Gasteiger partial charge in [0, 0.05) is 5.25 Å². The Balaban J connectivity index is 0. The molecule has 0 saturated heterocycles. The monoisotopic (exact) mass is 414 g/mol. The molecular weight excluding hydrogens is 371 g/mol. The fourth-order valence-corrected chi connectivity index (χ4v) is 4.36. The van der Waals surface area contributed by atoms with E-state index in [1.165, 1.54) is 51.4 Å². The molecule has 0 aliphatic rings. The van der Waals surface area contributed by atoms with Crippen LogP contribution in [0.3, 0.4) is 0 Å². The average Bonchev–Trinajstić information content (AvgIpc) is 2.58. The molecule has 0 saturated carbocycles.